The number of benzene rings is 7. The number of hydrogen-bond acceptors (Lipinski definition) is 3. The standard InChI is InChI=1S/C69H73BN2O/c1-63(2,3)41-26-27-56(44(32-41)40-22-16-15-17-23-40)72-57-39-51-45(46-37-52-53(38-50(46)67(51,11)12)66(9,10)31-30-65(52,7)8)35-47(57)48-36-49-43-24-18-19-25-58(43)73-62(49)61-59(48)70(72)55-34-42(64(4,5)6)33-54-60(55)71(61)69(14)29-21-20-28-68(54,69)13/h15-19,22-27,32-39H,20-21,28-31H2,1-14H3. The van der Waals surface area contributed by atoms with Crippen molar-refractivity contribution in [3.05, 3.63) is 154 Å². The molecule has 2 unspecified atom stereocenters. The lowest BCUT2D eigenvalue weighted by atomic mass is 9.42. The number of rotatable bonds is 2. The monoisotopic (exact) mass is 957 g/mol. The Balaban J connectivity index is 1.17. The third-order valence-electron chi connectivity index (χ3n) is 20.3. The molecule has 1 aromatic heterocycles. The first kappa shape index (κ1) is 45.6. The molecule has 0 saturated heterocycles. The highest BCUT2D eigenvalue weighted by Crippen LogP contribution is 2.65. The molecule has 2 atom stereocenters. The van der Waals surface area contributed by atoms with Crippen molar-refractivity contribution in [3.8, 4) is 33.4 Å². The van der Waals surface area contributed by atoms with Crippen LogP contribution in [-0.4, -0.2) is 12.4 Å². The Labute approximate surface area is 435 Å². The Bertz CT molecular complexity index is 3740. The van der Waals surface area contributed by atoms with Crippen molar-refractivity contribution in [2.75, 3.05) is 9.71 Å². The predicted molar refractivity (Wildman–Crippen MR) is 311 cm³/mol. The minimum Gasteiger partial charge on any atom is -0.454 e. The van der Waals surface area contributed by atoms with Crippen LogP contribution < -0.4 is 20.6 Å². The summed E-state index contributed by atoms with van der Waals surface area (Å²) in [7, 11) is 0. The average molecular weight is 957 g/mol. The van der Waals surface area contributed by atoms with E-state index in [-0.39, 0.29) is 44.9 Å². The van der Waals surface area contributed by atoms with Crippen molar-refractivity contribution >= 4 is 62.5 Å². The van der Waals surface area contributed by atoms with E-state index in [1.807, 2.05) is 0 Å². The topological polar surface area (TPSA) is 19.6 Å². The lowest BCUT2D eigenvalue weighted by molar-refractivity contribution is 0.195. The fourth-order valence-corrected chi connectivity index (χ4v) is 15.6. The number of furan rings is 1. The van der Waals surface area contributed by atoms with Gasteiger partial charge in [-0.1, -0.05) is 176 Å². The van der Waals surface area contributed by atoms with E-state index in [2.05, 4.69) is 222 Å². The van der Waals surface area contributed by atoms with E-state index < -0.39 is 0 Å². The van der Waals surface area contributed by atoms with Gasteiger partial charge in [0.05, 0.1) is 11.2 Å². The maximum absolute atomic E-state index is 7.38. The zero-order valence-electron chi connectivity index (χ0n) is 46.1. The first-order valence-electron chi connectivity index (χ1n) is 27.8. The highest BCUT2D eigenvalue weighted by molar-refractivity contribution is 6.94. The summed E-state index contributed by atoms with van der Waals surface area (Å²) >= 11 is 0. The lowest BCUT2D eigenvalue weighted by Gasteiger charge is -2.53. The normalized spacial score (nSPS) is 22.4. The summed E-state index contributed by atoms with van der Waals surface area (Å²) < 4.78 is 7.38. The van der Waals surface area contributed by atoms with Crippen LogP contribution in [0.25, 0.3) is 55.3 Å². The molecule has 1 fully saturated rings. The van der Waals surface area contributed by atoms with E-state index in [9.17, 15) is 0 Å². The van der Waals surface area contributed by atoms with Crippen LogP contribution in [0.5, 0.6) is 0 Å². The Hall–Kier alpha value is -6.00. The highest BCUT2D eigenvalue weighted by atomic mass is 16.3. The van der Waals surface area contributed by atoms with Crippen molar-refractivity contribution in [2.45, 2.75) is 173 Å². The molecule has 14 rings (SSSR count). The zero-order chi connectivity index (χ0) is 50.9. The predicted octanol–water partition coefficient (Wildman–Crippen LogP) is 17.5. The number of fused-ring (bicyclic) bond motifs is 15. The lowest BCUT2D eigenvalue weighted by Crippen LogP contribution is -2.65. The minimum atomic E-state index is -0.220. The van der Waals surface area contributed by atoms with Gasteiger partial charge in [0.15, 0.2) is 5.58 Å². The van der Waals surface area contributed by atoms with E-state index in [4.69, 9.17) is 4.42 Å². The summed E-state index contributed by atoms with van der Waals surface area (Å²) in [6.07, 6.45) is 7.14. The Kier molecular flexibility index (Phi) is 8.89. The molecular weight excluding hydrogens is 884 g/mol. The SMILES string of the molecule is CC(C)(C)c1ccc(N2B3c4cc(C(C)(C)C)cc5c4N(c4c3c(cc3c4oc4ccccc43)-c3cc4c(cc32)C(C)(C)c2cc3c(cc2-4)C(C)(C)CCC3(C)C)C2(C)CCCCC52C)c(-c2ccccc2)c1. The first-order valence-corrected chi connectivity index (χ1v) is 27.8. The Morgan fingerprint density at radius 2 is 1.15 bits per heavy atom. The second-order valence-corrected chi connectivity index (χ2v) is 27.9. The second-order valence-electron chi connectivity index (χ2n) is 27.9. The Morgan fingerprint density at radius 1 is 0.493 bits per heavy atom. The van der Waals surface area contributed by atoms with Crippen molar-refractivity contribution in [3.63, 3.8) is 0 Å². The molecule has 4 heteroatoms. The van der Waals surface area contributed by atoms with Crippen molar-refractivity contribution in [1.29, 1.82) is 0 Å². The van der Waals surface area contributed by atoms with Crippen molar-refractivity contribution < 1.29 is 4.42 Å². The molecule has 4 heterocycles. The van der Waals surface area contributed by atoms with Gasteiger partial charge in [0.25, 0.3) is 0 Å². The van der Waals surface area contributed by atoms with E-state index in [1.165, 1.54) is 142 Å². The summed E-state index contributed by atoms with van der Waals surface area (Å²) in [6, 6.07) is 46.0. The molecule has 8 aromatic rings. The molecule has 73 heavy (non-hydrogen) atoms. The molecule has 3 aliphatic carbocycles. The van der Waals surface area contributed by atoms with Crippen LogP contribution >= 0.6 is 0 Å². The largest absolute Gasteiger partial charge is 0.454 e. The summed E-state index contributed by atoms with van der Waals surface area (Å²) in [4.78, 5) is 5.72. The van der Waals surface area contributed by atoms with Gasteiger partial charge < -0.3 is 14.1 Å². The van der Waals surface area contributed by atoms with Crippen molar-refractivity contribution in [1.82, 2.24) is 0 Å². The quantitative estimate of drug-likeness (QED) is 0.161. The number of anilines is 4. The van der Waals surface area contributed by atoms with Gasteiger partial charge in [0, 0.05) is 49.8 Å². The molecule has 0 bridgehead atoms. The van der Waals surface area contributed by atoms with Crippen LogP contribution in [0.3, 0.4) is 0 Å². The van der Waals surface area contributed by atoms with Gasteiger partial charge >= 0.3 is 6.85 Å². The smallest absolute Gasteiger partial charge is 0.333 e. The molecule has 3 nitrogen and oxygen atoms in total. The van der Waals surface area contributed by atoms with Crippen LogP contribution in [0, 0.1) is 0 Å². The number of nitrogens with zero attached hydrogens (tertiary/aromatic N) is 2. The molecule has 7 aromatic carbocycles. The van der Waals surface area contributed by atoms with Crippen LogP contribution in [0.15, 0.2) is 120 Å². The maximum Gasteiger partial charge on any atom is 0.333 e. The van der Waals surface area contributed by atoms with E-state index in [1.54, 1.807) is 0 Å². The third-order valence-corrected chi connectivity index (χ3v) is 20.3. The van der Waals surface area contributed by atoms with Gasteiger partial charge in [0.1, 0.15) is 5.58 Å². The molecule has 0 N–H and O–H groups in total. The van der Waals surface area contributed by atoms with E-state index in [0.717, 1.165) is 24.0 Å². The molecule has 368 valence electrons. The molecule has 0 spiro atoms. The van der Waals surface area contributed by atoms with Crippen molar-refractivity contribution in [2.24, 2.45) is 0 Å². The molecule has 0 amide bonds. The molecule has 0 radical (unpaired) electrons. The van der Waals surface area contributed by atoms with Gasteiger partial charge in [-0.25, -0.2) is 0 Å². The van der Waals surface area contributed by atoms with Gasteiger partial charge in [-0.2, -0.15) is 0 Å². The van der Waals surface area contributed by atoms with Gasteiger partial charge in [-0.15, -0.1) is 0 Å². The molecule has 6 aliphatic rings. The van der Waals surface area contributed by atoms with Gasteiger partial charge in [-0.3, -0.25) is 0 Å². The van der Waals surface area contributed by atoms with E-state index >= 15 is 0 Å². The summed E-state index contributed by atoms with van der Waals surface area (Å²) in [6.45, 7) is 34.4. The molecule has 1 saturated carbocycles. The highest BCUT2D eigenvalue weighted by Gasteiger charge is 2.63. The summed E-state index contributed by atoms with van der Waals surface area (Å²) in [5.41, 5.74) is 27.9. The number of para-hydroxylation sites is 1. The van der Waals surface area contributed by atoms with Crippen LogP contribution in [0.1, 0.15) is 174 Å². The molecule has 3 aliphatic heterocycles. The fraction of sp³-hybridized carbons (Fsp3) is 0.391. The summed E-state index contributed by atoms with van der Waals surface area (Å²) in [5, 5.41) is 2.40. The minimum absolute atomic E-state index is 0.0398. The third kappa shape index (κ3) is 5.85. The first-order chi connectivity index (χ1) is 34.4. The molecular formula is C69H73BN2O. The number of hydrogen-bond donors (Lipinski definition) is 0. The fourth-order valence-electron chi connectivity index (χ4n) is 15.6. The van der Waals surface area contributed by atoms with Crippen LogP contribution in [0.2, 0.25) is 0 Å². The van der Waals surface area contributed by atoms with Gasteiger partial charge in [-0.05, 0) is 169 Å². The van der Waals surface area contributed by atoms with E-state index in [0.29, 0.717) is 0 Å². The summed E-state index contributed by atoms with van der Waals surface area (Å²) in [5.74, 6) is 0. The maximum atomic E-state index is 7.38. The van der Waals surface area contributed by atoms with Crippen LogP contribution in [0.4, 0.5) is 22.7 Å². The van der Waals surface area contributed by atoms with Gasteiger partial charge in [0.2, 0.25) is 0 Å². The zero-order valence-corrected chi connectivity index (χ0v) is 46.1. The Morgan fingerprint density at radius 3 is 1.88 bits per heavy atom. The average Bonchev–Trinajstić information content (AvgIpc) is 3.94. The van der Waals surface area contributed by atoms with Crippen LogP contribution in [-0.2, 0) is 32.5 Å². The second kappa shape index (κ2) is 14.2.